The monoisotopic (exact) mass is 225 g/mol. The summed E-state index contributed by atoms with van der Waals surface area (Å²) >= 11 is 1.57. The summed E-state index contributed by atoms with van der Waals surface area (Å²) in [5.74, 6) is 0.381. The predicted octanol–water partition coefficient (Wildman–Crippen LogP) is 1.99. The Morgan fingerprint density at radius 1 is 1.73 bits per heavy atom. The van der Waals surface area contributed by atoms with E-state index in [-0.39, 0.29) is 11.7 Å². The highest BCUT2D eigenvalue weighted by Crippen LogP contribution is 2.18. The van der Waals surface area contributed by atoms with Crippen LogP contribution in [0.25, 0.3) is 0 Å². The van der Waals surface area contributed by atoms with Crippen LogP contribution in [0, 0.1) is 12.8 Å². The van der Waals surface area contributed by atoms with E-state index >= 15 is 0 Å². The zero-order valence-corrected chi connectivity index (χ0v) is 9.68. The van der Waals surface area contributed by atoms with Gasteiger partial charge in [-0.1, -0.05) is 0 Å². The van der Waals surface area contributed by atoms with Gasteiger partial charge in [-0.3, -0.25) is 4.79 Å². The molecule has 0 spiro atoms. The molecule has 1 aliphatic rings. The van der Waals surface area contributed by atoms with Crippen molar-refractivity contribution in [1.82, 2.24) is 4.98 Å². The second kappa shape index (κ2) is 4.86. The van der Waals surface area contributed by atoms with Gasteiger partial charge < -0.3 is 4.74 Å². The first-order valence-corrected chi connectivity index (χ1v) is 6.15. The molecule has 2 rings (SSSR count). The van der Waals surface area contributed by atoms with E-state index in [0.717, 1.165) is 30.2 Å². The van der Waals surface area contributed by atoms with Crippen LogP contribution in [0.2, 0.25) is 0 Å². The van der Waals surface area contributed by atoms with Crippen LogP contribution in [0.15, 0.2) is 5.38 Å². The molecule has 1 aromatic rings. The normalized spacial score (nSPS) is 21.5. The van der Waals surface area contributed by atoms with Crippen LogP contribution in [0.1, 0.15) is 23.5 Å². The Balaban J connectivity index is 1.91. The standard InChI is InChI=1S/C11H15NO2S/c1-8-7-15-11(12-8)5-10(13)9-3-2-4-14-6-9/h7,9H,2-6H2,1H3. The van der Waals surface area contributed by atoms with Gasteiger partial charge in [-0.2, -0.15) is 0 Å². The molecule has 0 aliphatic carbocycles. The van der Waals surface area contributed by atoms with E-state index in [4.69, 9.17) is 4.74 Å². The third-order valence-electron chi connectivity index (χ3n) is 2.61. The van der Waals surface area contributed by atoms with Crippen LogP contribution in [-0.2, 0) is 16.0 Å². The highest BCUT2D eigenvalue weighted by atomic mass is 32.1. The molecule has 1 aromatic heterocycles. The van der Waals surface area contributed by atoms with Crippen molar-refractivity contribution in [2.45, 2.75) is 26.2 Å². The van der Waals surface area contributed by atoms with Gasteiger partial charge in [0, 0.05) is 23.6 Å². The molecule has 3 nitrogen and oxygen atoms in total. The van der Waals surface area contributed by atoms with Crippen molar-refractivity contribution < 1.29 is 9.53 Å². The van der Waals surface area contributed by atoms with Gasteiger partial charge in [-0.25, -0.2) is 4.98 Å². The quantitative estimate of drug-likeness (QED) is 0.789. The first kappa shape index (κ1) is 10.8. The molecule has 0 N–H and O–H groups in total. The molecule has 1 saturated heterocycles. The summed E-state index contributed by atoms with van der Waals surface area (Å²) in [5, 5.41) is 2.92. The van der Waals surface area contributed by atoms with Gasteiger partial charge in [0.2, 0.25) is 0 Å². The van der Waals surface area contributed by atoms with E-state index in [2.05, 4.69) is 4.98 Å². The van der Waals surface area contributed by atoms with Crippen LogP contribution < -0.4 is 0 Å². The maximum Gasteiger partial charge on any atom is 0.145 e. The van der Waals surface area contributed by atoms with Crippen molar-refractivity contribution in [3.63, 3.8) is 0 Å². The Morgan fingerprint density at radius 3 is 3.20 bits per heavy atom. The topological polar surface area (TPSA) is 39.2 Å². The van der Waals surface area contributed by atoms with Gasteiger partial charge in [-0.15, -0.1) is 11.3 Å². The zero-order chi connectivity index (χ0) is 10.7. The molecule has 1 aliphatic heterocycles. The zero-order valence-electron chi connectivity index (χ0n) is 8.86. The molecule has 4 heteroatoms. The fraction of sp³-hybridized carbons (Fsp3) is 0.636. The Morgan fingerprint density at radius 2 is 2.60 bits per heavy atom. The summed E-state index contributed by atoms with van der Waals surface area (Å²) in [4.78, 5) is 16.2. The molecular formula is C11H15NO2S. The van der Waals surface area contributed by atoms with Crippen LogP contribution in [0.4, 0.5) is 0 Å². The Bertz CT molecular complexity index is 342. The van der Waals surface area contributed by atoms with Crippen LogP contribution in [0.3, 0.4) is 0 Å². The number of nitrogens with zero attached hydrogens (tertiary/aromatic N) is 1. The van der Waals surface area contributed by atoms with E-state index in [0.29, 0.717) is 13.0 Å². The van der Waals surface area contributed by atoms with Crippen LogP contribution >= 0.6 is 11.3 Å². The lowest BCUT2D eigenvalue weighted by molar-refractivity contribution is -0.126. The number of hydrogen-bond donors (Lipinski definition) is 0. The largest absolute Gasteiger partial charge is 0.381 e. The number of carbonyl (C=O) groups excluding carboxylic acids is 1. The highest BCUT2D eigenvalue weighted by molar-refractivity contribution is 7.09. The van der Waals surface area contributed by atoms with E-state index in [9.17, 15) is 4.79 Å². The average Bonchev–Trinajstić information content (AvgIpc) is 2.65. The maximum atomic E-state index is 11.9. The van der Waals surface area contributed by atoms with Crippen LogP contribution in [0.5, 0.6) is 0 Å². The summed E-state index contributed by atoms with van der Waals surface area (Å²) in [6.07, 6.45) is 2.46. The number of carbonyl (C=O) groups is 1. The first-order chi connectivity index (χ1) is 7.25. The first-order valence-electron chi connectivity index (χ1n) is 5.27. The van der Waals surface area contributed by atoms with Crippen molar-refractivity contribution >= 4 is 17.1 Å². The third kappa shape index (κ3) is 2.86. The summed E-state index contributed by atoms with van der Waals surface area (Å²) in [6, 6.07) is 0. The summed E-state index contributed by atoms with van der Waals surface area (Å²) in [6.45, 7) is 3.36. The van der Waals surface area contributed by atoms with Crippen LogP contribution in [-0.4, -0.2) is 24.0 Å². The molecule has 1 fully saturated rings. The highest BCUT2D eigenvalue weighted by Gasteiger charge is 2.22. The minimum absolute atomic E-state index is 0.1000. The van der Waals surface area contributed by atoms with Crippen molar-refractivity contribution in [3.05, 3.63) is 16.1 Å². The predicted molar refractivity (Wildman–Crippen MR) is 59.1 cm³/mol. The molecule has 2 heterocycles. The molecule has 0 amide bonds. The SMILES string of the molecule is Cc1csc(CC(=O)C2CCCOC2)n1. The van der Waals surface area contributed by atoms with Gasteiger partial charge in [0.05, 0.1) is 13.0 Å². The molecule has 0 saturated carbocycles. The van der Waals surface area contributed by atoms with E-state index < -0.39 is 0 Å². The number of ether oxygens (including phenoxy) is 1. The van der Waals surface area contributed by atoms with Crippen molar-refractivity contribution in [2.75, 3.05) is 13.2 Å². The van der Waals surface area contributed by atoms with Gasteiger partial charge in [0.1, 0.15) is 10.8 Å². The molecule has 1 atom stereocenters. The molecule has 15 heavy (non-hydrogen) atoms. The molecular weight excluding hydrogens is 210 g/mol. The lowest BCUT2D eigenvalue weighted by atomic mass is 9.96. The molecule has 82 valence electrons. The van der Waals surface area contributed by atoms with Crippen molar-refractivity contribution in [2.24, 2.45) is 5.92 Å². The summed E-state index contributed by atoms with van der Waals surface area (Å²) in [5.41, 5.74) is 1.00. The number of aromatic nitrogens is 1. The summed E-state index contributed by atoms with van der Waals surface area (Å²) < 4.78 is 5.31. The molecule has 0 aromatic carbocycles. The Hall–Kier alpha value is -0.740. The minimum Gasteiger partial charge on any atom is -0.381 e. The third-order valence-corrected chi connectivity index (χ3v) is 3.57. The number of rotatable bonds is 3. The van der Waals surface area contributed by atoms with Gasteiger partial charge in [0.15, 0.2) is 0 Å². The Labute approximate surface area is 93.5 Å². The second-order valence-electron chi connectivity index (χ2n) is 3.94. The molecule has 0 radical (unpaired) electrons. The van der Waals surface area contributed by atoms with Crippen molar-refractivity contribution in [1.29, 1.82) is 0 Å². The van der Waals surface area contributed by atoms with Crippen molar-refractivity contribution in [3.8, 4) is 0 Å². The lowest BCUT2D eigenvalue weighted by Crippen LogP contribution is -2.26. The smallest absolute Gasteiger partial charge is 0.145 e. The van der Waals surface area contributed by atoms with Gasteiger partial charge in [0.25, 0.3) is 0 Å². The number of thiazole rings is 1. The fourth-order valence-corrected chi connectivity index (χ4v) is 2.55. The maximum absolute atomic E-state index is 11.9. The number of ketones is 1. The fourth-order valence-electron chi connectivity index (χ4n) is 1.77. The average molecular weight is 225 g/mol. The molecule has 0 bridgehead atoms. The number of Topliss-reactive ketones (excluding diaryl/α,β-unsaturated/α-hetero) is 1. The Kier molecular flexibility index (Phi) is 3.49. The summed E-state index contributed by atoms with van der Waals surface area (Å²) in [7, 11) is 0. The van der Waals surface area contributed by atoms with Gasteiger partial charge >= 0.3 is 0 Å². The number of aryl methyl sites for hydroxylation is 1. The van der Waals surface area contributed by atoms with E-state index in [1.165, 1.54) is 0 Å². The second-order valence-corrected chi connectivity index (χ2v) is 4.88. The molecule has 1 unspecified atom stereocenters. The minimum atomic E-state index is 0.1000. The van der Waals surface area contributed by atoms with Gasteiger partial charge in [-0.05, 0) is 19.8 Å². The number of hydrogen-bond acceptors (Lipinski definition) is 4. The lowest BCUT2D eigenvalue weighted by Gasteiger charge is -2.20. The van der Waals surface area contributed by atoms with E-state index in [1.807, 2.05) is 12.3 Å². The van der Waals surface area contributed by atoms with E-state index in [1.54, 1.807) is 11.3 Å².